The molecule has 0 aliphatic rings. The molecule has 1 atom stereocenters. The van der Waals surface area contributed by atoms with Crippen LogP contribution in [0.15, 0.2) is 0 Å². The molecule has 0 aliphatic carbocycles. The summed E-state index contributed by atoms with van der Waals surface area (Å²) < 4.78 is 19.8. The van der Waals surface area contributed by atoms with Crippen LogP contribution in [-0.4, -0.2) is 18.3 Å². The summed E-state index contributed by atoms with van der Waals surface area (Å²) in [6.45, 7) is 0.993. The summed E-state index contributed by atoms with van der Waals surface area (Å²) in [7, 11) is 0. The molecule has 0 heterocycles. The lowest BCUT2D eigenvalue weighted by Gasteiger charge is -2.02. The fourth-order valence-electron chi connectivity index (χ4n) is 0.229. The van der Waals surface area contributed by atoms with Gasteiger partial charge < -0.3 is 7.80 Å². The molecule has 0 saturated heterocycles. The Morgan fingerprint density at radius 2 is 2.10 bits per heavy atom. The second-order valence-electron chi connectivity index (χ2n) is 1.32. The van der Waals surface area contributed by atoms with Crippen molar-refractivity contribution in [2.24, 2.45) is 0 Å². The number of carbonyl (C=O) groups is 2. The summed E-state index contributed by atoms with van der Waals surface area (Å²) in [5.41, 5.74) is 0. The third-order valence-electron chi connectivity index (χ3n) is 0.531. The quantitative estimate of drug-likeness (QED) is 0.544. The van der Waals surface area contributed by atoms with E-state index in [2.05, 4.69) is 7.80 Å². The summed E-state index contributed by atoms with van der Waals surface area (Å²) >= 11 is 1.19. The first kappa shape index (κ1) is 9.60. The van der Waals surface area contributed by atoms with Crippen molar-refractivity contribution < 1.29 is 21.8 Å². The molecule has 0 fully saturated rings. The van der Waals surface area contributed by atoms with E-state index in [-0.39, 0.29) is 0 Å². The highest BCUT2D eigenvalue weighted by molar-refractivity contribution is 14.1. The molecule has 0 aliphatic heterocycles. The Labute approximate surface area is 70.4 Å². The molecule has 0 aromatic heterocycles. The van der Waals surface area contributed by atoms with Gasteiger partial charge in [0.15, 0.2) is 23.0 Å². The number of alkyl halides is 1. The van der Waals surface area contributed by atoms with Crippen molar-refractivity contribution in [2.45, 2.75) is 13.3 Å². The first-order valence-electron chi connectivity index (χ1n) is 2.21. The fourth-order valence-corrected chi connectivity index (χ4v) is 0.429. The van der Waals surface area contributed by atoms with Crippen molar-refractivity contribution >= 4 is 34.9 Å². The highest BCUT2D eigenvalue weighted by Gasteiger charge is 2.20. The van der Waals surface area contributed by atoms with Gasteiger partial charge in [-0.25, -0.2) is 4.79 Å². The Morgan fingerprint density at radius 3 is 2.40 bits per heavy atom. The molecular weight excluding hydrogens is 258 g/mol. The molecule has 0 rings (SSSR count). The second kappa shape index (κ2) is 4.42. The summed E-state index contributed by atoms with van der Waals surface area (Å²) in [4.78, 5) is 20.2. The Kier molecular flexibility index (Phi) is 4.24. The van der Waals surface area contributed by atoms with Gasteiger partial charge in [0.05, 0.1) is 0 Å². The molecule has 0 bridgehead atoms. The van der Waals surface area contributed by atoms with Crippen molar-refractivity contribution in [2.75, 3.05) is 0 Å². The topological polar surface area (TPSA) is 52.6 Å². The van der Waals surface area contributed by atoms with Crippen molar-refractivity contribution in [3.8, 4) is 0 Å². The molecule has 0 spiro atoms. The van der Waals surface area contributed by atoms with Crippen LogP contribution in [0.5, 0.6) is 0 Å². The minimum absolute atomic E-state index is 0.866. The van der Waals surface area contributed by atoms with Crippen LogP contribution in [0.1, 0.15) is 6.92 Å². The van der Waals surface area contributed by atoms with Crippen LogP contribution < -0.4 is 0 Å². The predicted octanol–water partition coefficient (Wildman–Crippen LogP) is 0.738. The molecule has 10 heavy (non-hydrogen) atoms. The van der Waals surface area contributed by atoms with Gasteiger partial charge >= 0.3 is 18.3 Å². The van der Waals surface area contributed by atoms with Crippen LogP contribution in [0, 0.1) is 0 Å². The van der Waals surface area contributed by atoms with E-state index in [0.717, 1.165) is 6.92 Å². The Balaban J connectivity index is 3.72. The highest BCUT2D eigenvalue weighted by Crippen LogP contribution is 2.00. The predicted molar refractivity (Wildman–Crippen MR) is 36.8 cm³/mol. The summed E-state index contributed by atoms with van der Waals surface area (Å²) in [5.74, 6) is -2.09. The SMILES string of the molecule is CC(=O)OC(F)C(=O)OI. The van der Waals surface area contributed by atoms with Crippen molar-refractivity contribution in [3.05, 3.63) is 0 Å². The maximum atomic E-state index is 12.1. The van der Waals surface area contributed by atoms with E-state index in [0.29, 0.717) is 0 Å². The van der Waals surface area contributed by atoms with Gasteiger partial charge in [0.25, 0.3) is 0 Å². The van der Waals surface area contributed by atoms with Gasteiger partial charge in [0.2, 0.25) is 0 Å². The molecule has 0 amide bonds. The Bertz CT molecular complexity index is 148. The minimum atomic E-state index is -2.31. The summed E-state index contributed by atoms with van der Waals surface area (Å²) in [6, 6.07) is 0. The normalized spacial score (nSPS) is 11.9. The molecule has 4 nitrogen and oxygen atoms in total. The maximum absolute atomic E-state index is 12.1. The second-order valence-corrected chi connectivity index (χ2v) is 1.76. The van der Waals surface area contributed by atoms with E-state index >= 15 is 0 Å². The zero-order valence-corrected chi connectivity index (χ0v) is 7.12. The number of hydrogen-bond acceptors (Lipinski definition) is 4. The van der Waals surface area contributed by atoms with E-state index in [9.17, 15) is 14.0 Å². The molecule has 1 unspecified atom stereocenters. The molecule has 0 radical (unpaired) electrons. The maximum Gasteiger partial charge on any atom is 0.390 e. The number of rotatable bonds is 2. The third-order valence-corrected chi connectivity index (χ3v) is 0.965. The highest BCUT2D eigenvalue weighted by atomic mass is 127. The van der Waals surface area contributed by atoms with Crippen LogP contribution in [0.3, 0.4) is 0 Å². The largest absolute Gasteiger partial charge is 0.420 e. The van der Waals surface area contributed by atoms with Crippen molar-refractivity contribution in [3.63, 3.8) is 0 Å². The monoisotopic (exact) mass is 262 g/mol. The number of ether oxygens (including phenoxy) is 1. The zero-order chi connectivity index (χ0) is 8.15. The third kappa shape index (κ3) is 3.59. The summed E-state index contributed by atoms with van der Waals surface area (Å²) in [5, 5.41) is 0. The van der Waals surface area contributed by atoms with Crippen LogP contribution in [0.2, 0.25) is 0 Å². The lowest BCUT2D eigenvalue weighted by atomic mass is 10.7. The molecule has 0 aromatic rings. The molecule has 0 saturated carbocycles. The van der Waals surface area contributed by atoms with Gasteiger partial charge in [-0.3, -0.25) is 4.79 Å². The van der Waals surface area contributed by atoms with Crippen LogP contribution >= 0.6 is 23.0 Å². The average molecular weight is 262 g/mol. The van der Waals surface area contributed by atoms with E-state index < -0.39 is 18.3 Å². The number of halogens is 2. The van der Waals surface area contributed by atoms with Crippen LogP contribution in [-0.2, 0) is 17.4 Å². The van der Waals surface area contributed by atoms with Gasteiger partial charge in [0.1, 0.15) is 0 Å². The summed E-state index contributed by atoms with van der Waals surface area (Å²) in [6.07, 6.45) is -2.31. The Morgan fingerprint density at radius 1 is 1.60 bits per heavy atom. The van der Waals surface area contributed by atoms with Crippen molar-refractivity contribution in [1.82, 2.24) is 0 Å². The first-order chi connectivity index (χ1) is 4.57. The average Bonchev–Trinajstić information content (AvgIpc) is 1.85. The van der Waals surface area contributed by atoms with Gasteiger partial charge in [0, 0.05) is 6.92 Å². The van der Waals surface area contributed by atoms with E-state index in [1.807, 2.05) is 0 Å². The van der Waals surface area contributed by atoms with Crippen LogP contribution in [0.4, 0.5) is 4.39 Å². The number of esters is 1. The molecule has 6 heteroatoms. The van der Waals surface area contributed by atoms with E-state index in [4.69, 9.17) is 0 Å². The lowest BCUT2D eigenvalue weighted by molar-refractivity contribution is -0.170. The Hall–Kier alpha value is -0.400. The molecular formula is C4H4FIO4. The van der Waals surface area contributed by atoms with Gasteiger partial charge in [-0.05, 0) is 0 Å². The number of hydrogen-bond donors (Lipinski definition) is 0. The van der Waals surface area contributed by atoms with Gasteiger partial charge in [-0.2, -0.15) is 4.39 Å². The standard InChI is InChI=1S/C4H4FIO4/c1-2(7)9-3(5)4(8)10-6/h3H,1H3. The smallest absolute Gasteiger partial charge is 0.390 e. The van der Waals surface area contributed by atoms with E-state index in [1.165, 1.54) is 23.0 Å². The molecule has 0 aromatic carbocycles. The minimum Gasteiger partial charge on any atom is -0.420 e. The fraction of sp³-hybridized carbons (Fsp3) is 0.500. The van der Waals surface area contributed by atoms with Crippen molar-refractivity contribution in [1.29, 1.82) is 0 Å². The van der Waals surface area contributed by atoms with E-state index in [1.54, 1.807) is 0 Å². The number of carbonyl (C=O) groups excluding carboxylic acids is 2. The van der Waals surface area contributed by atoms with Crippen LogP contribution in [0.25, 0.3) is 0 Å². The zero-order valence-electron chi connectivity index (χ0n) is 4.97. The molecule has 0 N–H and O–H groups in total. The van der Waals surface area contributed by atoms with Gasteiger partial charge in [-0.1, -0.05) is 0 Å². The lowest BCUT2D eigenvalue weighted by Crippen LogP contribution is -2.21. The first-order valence-corrected chi connectivity index (χ1v) is 3.09. The van der Waals surface area contributed by atoms with Gasteiger partial charge in [-0.15, -0.1) is 0 Å². The molecule has 58 valence electrons.